The fourth-order valence-corrected chi connectivity index (χ4v) is 3.53. The van der Waals surface area contributed by atoms with E-state index >= 15 is 0 Å². The molecule has 22 heavy (non-hydrogen) atoms. The van der Waals surface area contributed by atoms with Crippen molar-refractivity contribution in [1.82, 2.24) is 4.98 Å². The molecule has 0 aliphatic rings. The van der Waals surface area contributed by atoms with Gasteiger partial charge in [-0.15, -0.1) is 0 Å². The Morgan fingerprint density at radius 1 is 1.18 bits per heavy atom. The lowest BCUT2D eigenvalue weighted by Gasteiger charge is -2.04. The number of fused-ring (bicyclic) bond motifs is 1. The SMILES string of the molecule is CCc1cccc2sc(NC(=O)c3cc(C)cc(C)c3)nc12. The zero-order valence-electron chi connectivity index (χ0n) is 12.9. The minimum atomic E-state index is -0.107. The summed E-state index contributed by atoms with van der Waals surface area (Å²) in [4.78, 5) is 17.0. The van der Waals surface area contributed by atoms with Gasteiger partial charge in [0.15, 0.2) is 5.13 Å². The number of aromatic nitrogens is 1. The monoisotopic (exact) mass is 310 g/mol. The van der Waals surface area contributed by atoms with Gasteiger partial charge >= 0.3 is 0 Å². The third-order valence-corrected chi connectivity index (χ3v) is 4.52. The highest BCUT2D eigenvalue weighted by Gasteiger charge is 2.12. The van der Waals surface area contributed by atoms with Crippen LogP contribution in [0.25, 0.3) is 10.2 Å². The van der Waals surface area contributed by atoms with E-state index in [9.17, 15) is 4.79 Å². The number of nitrogens with one attached hydrogen (secondary N) is 1. The van der Waals surface area contributed by atoms with Gasteiger partial charge in [0.25, 0.3) is 5.91 Å². The second-order valence-electron chi connectivity index (χ2n) is 5.47. The normalized spacial score (nSPS) is 10.9. The minimum Gasteiger partial charge on any atom is -0.298 e. The van der Waals surface area contributed by atoms with Gasteiger partial charge in [-0.25, -0.2) is 4.98 Å². The molecule has 1 heterocycles. The van der Waals surface area contributed by atoms with Gasteiger partial charge in [-0.05, 0) is 44.0 Å². The van der Waals surface area contributed by atoms with Crippen LogP contribution in [0.4, 0.5) is 5.13 Å². The van der Waals surface area contributed by atoms with Gasteiger partial charge in [0, 0.05) is 5.56 Å². The number of rotatable bonds is 3. The van der Waals surface area contributed by atoms with Crippen molar-refractivity contribution in [1.29, 1.82) is 0 Å². The van der Waals surface area contributed by atoms with Crippen molar-refractivity contribution < 1.29 is 4.79 Å². The maximum absolute atomic E-state index is 12.4. The van der Waals surface area contributed by atoms with Gasteiger partial charge in [-0.2, -0.15) is 0 Å². The second kappa shape index (κ2) is 5.89. The molecule has 0 saturated carbocycles. The van der Waals surface area contributed by atoms with Crippen LogP contribution in [0.15, 0.2) is 36.4 Å². The summed E-state index contributed by atoms with van der Waals surface area (Å²) in [5, 5.41) is 3.57. The number of thiazole rings is 1. The van der Waals surface area contributed by atoms with Crippen molar-refractivity contribution in [3.05, 3.63) is 58.7 Å². The van der Waals surface area contributed by atoms with Crippen LogP contribution in [0.2, 0.25) is 0 Å². The van der Waals surface area contributed by atoms with E-state index < -0.39 is 0 Å². The molecule has 1 aromatic heterocycles. The Balaban J connectivity index is 1.91. The summed E-state index contributed by atoms with van der Waals surface area (Å²) in [5.41, 5.74) is 5.05. The quantitative estimate of drug-likeness (QED) is 0.760. The van der Waals surface area contributed by atoms with Crippen LogP contribution >= 0.6 is 11.3 Å². The van der Waals surface area contributed by atoms with Crippen LogP contribution in [0.3, 0.4) is 0 Å². The summed E-state index contributed by atoms with van der Waals surface area (Å²) in [6.45, 7) is 6.10. The van der Waals surface area contributed by atoms with Crippen molar-refractivity contribution in [3.8, 4) is 0 Å². The molecule has 0 fully saturated rings. The minimum absolute atomic E-state index is 0.107. The van der Waals surface area contributed by atoms with Crippen LogP contribution in [-0.4, -0.2) is 10.9 Å². The van der Waals surface area contributed by atoms with E-state index in [4.69, 9.17) is 0 Å². The largest absolute Gasteiger partial charge is 0.298 e. The van der Waals surface area contributed by atoms with Gasteiger partial charge in [-0.1, -0.05) is 47.6 Å². The molecule has 112 valence electrons. The standard InChI is InChI=1S/C18H18N2OS/c1-4-13-6-5-7-15-16(13)19-18(22-15)20-17(21)14-9-11(2)8-12(3)10-14/h5-10H,4H2,1-3H3,(H,19,20,21). The average Bonchev–Trinajstić information content (AvgIpc) is 2.88. The number of hydrogen-bond donors (Lipinski definition) is 1. The number of nitrogens with zero attached hydrogens (tertiary/aromatic N) is 1. The Labute approximate surface area is 134 Å². The number of hydrogen-bond acceptors (Lipinski definition) is 3. The summed E-state index contributed by atoms with van der Waals surface area (Å²) in [6.07, 6.45) is 0.936. The molecule has 2 aromatic carbocycles. The predicted molar refractivity (Wildman–Crippen MR) is 92.9 cm³/mol. The third kappa shape index (κ3) is 2.88. The Hall–Kier alpha value is -2.20. The topological polar surface area (TPSA) is 42.0 Å². The fraction of sp³-hybridized carbons (Fsp3) is 0.222. The summed E-state index contributed by atoms with van der Waals surface area (Å²) in [5.74, 6) is -0.107. The molecule has 0 saturated heterocycles. The maximum atomic E-state index is 12.4. The molecule has 0 aliphatic carbocycles. The first-order valence-electron chi connectivity index (χ1n) is 7.35. The Morgan fingerprint density at radius 2 is 1.91 bits per heavy atom. The van der Waals surface area contributed by atoms with Gasteiger partial charge < -0.3 is 0 Å². The van der Waals surface area contributed by atoms with Crippen LogP contribution < -0.4 is 5.32 Å². The van der Waals surface area contributed by atoms with Gasteiger partial charge in [0.05, 0.1) is 10.2 Å². The van der Waals surface area contributed by atoms with E-state index in [0.717, 1.165) is 27.8 Å². The van der Waals surface area contributed by atoms with E-state index in [0.29, 0.717) is 10.7 Å². The molecular formula is C18H18N2OS. The summed E-state index contributed by atoms with van der Waals surface area (Å²) < 4.78 is 1.11. The molecule has 1 N–H and O–H groups in total. The predicted octanol–water partition coefficient (Wildman–Crippen LogP) is 4.73. The molecule has 0 spiro atoms. The number of amides is 1. The van der Waals surface area contributed by atoms with Crippen LogP contribution in [0.1, 0.15) is 34.0 Å². The first-order chi connectivity index (χ1) is 10.6. The van der Waals surface area contributed by atoms with Crippen LogP contribution in [0, 0.1) is 13.8 Å². The van der Waals surface area contributed by atoms with Gasteiger partial charge in [-0.3, -0.25) is 10.1 Å². The summed E-state index contributed by atoms with van der Waals surface area (Å²) in [7, 11) is 0. The fourth-order valence-electron chi connectivity index (χ4n) is 2.62. The van der Waals surface area contributed by atoms with Crippen molar-refractivity contribution in [2.45, 2.75) is 27.2 Å². The molecule has 0 aliphatic heterocycles. The molecule has 4 heteroatoms. The number of para-hydroxylation sites is 1. The number of carbonyl (C=O) groups is 1. The molecule has 0 bridgehead atoms. The molecule has 3 rings (SSSR count). The maximum Gasteiger partial charge on any atom is 0.257 e. The third-order valence-electron chi connectivity index (χ3n) is 3.59. The molecule has 0 unspecified atom stereocenters. The van der Waals surface area contributed by atoms with Crippen molar-refractivity contribution in [2.75, 3.05) is 5.32 Å². The average molecular weight is 310 g/mol. The molecule has 0 atom stereocenters. The molecule has 0 radical (unpaired) electrons. The number of anilines is 1. The first kappa shape index (κ1) is 14.7. The molecular weight excluding hydrogens is 292 g/mol. The molecule has 3 nitrogen and oxygen atoms in total. The highest BCUT2D eigenvalue weighted by atomic mass is 32.1. The number of carbonyl (C=O) groups excluding carboxylic acids is 1. The zero-order chi connectivity index (χ0) is 15.7. The van der Waals surface area contributed by atoms with Crippen molar-refractivity contribution in [2.24, 2.45) is 0 Å². The lowest BCUT2D eigenvalue weighted by molar-refractivity contribution is 0.102. The van der Waals surface area contributed by atoms with Crippen molar-refractivity contribution in [3.63, 3.8) is 0 Å². The molecule has 1 amide bonds. The number of aryl methyl sites for hydroxylation is 3. The van der Waals surface area contributed by atoms with Gasteiger partial charge in [0.1, 0.15) is 0 Å². The number of benzene rings is 2. The van der Waals surface area contributed by atoms with E-state index in [1.807, 2.05) is 38.1 Å². The van der Waals surface area contributed by atoms with Crippen molar-refractivity contribution >= 4 is 32.6 Å². The van der Waals surface area contributed by atoms with E-state index in [-0.39, 0.29) is 5.91 Å². The smallest absolute Gasteiger partial charge is 0.257 e. The summed E-state index contributed by atoms with van der Waals surface area (Å²) in [6, 6.07) is 12.0. The first-order valence-corrected chi connectivity index (χ1v) is 8.16. The second-order valence-corrected chi connectivity index (χ2v) is 6.50. The zero-order valence-corrected chi connectivity index (χ0v) is 13.8. The Kier molecular flexibility index (Phi) is 3.94. The lowest BCUT2D eigenvalue weighted by atomic mass is 10.1. The highest BCUT2D eigenvalue weighted by molar-refractivity contribution is 7.22. The van der Waals surface area contributed by atoms with E-state index in [1.165, 1.54) is 16.9 Å². The van der Waals surface area contributed by atoms with Gasteiger partial charge in [0.2, 0.25) is 0 Å². The highest BCUT2D eigenvalue weighted by Crippen LogP contribution is 2.28. The summed E-state index contributed by atoms with van der Waals surface area (Å²) >= 11 is 1.52. The van der Waals surface area contributed by atoms with Crippen LogP contribution in [-0.2, 0) is 6.42 Å². The molecule has 3 aromatic rings. The van der Waals surface area contributed by atoms with E-state index in [1.54, 1.807) is 0 Å². The Bertz CT molecular complexity index is 831. The van der Waals surface area contributed by atoms with Crippen LogP contribution in [0.5, 0.6) is 0 Å². The Morgan fingerprint density at radius 3 is 2.59 bits per heavy atom. The lowest BCUT2D eigenvalue weighted by Crippen LogP contribution is -2.12. The van der Waals surface area contributed by atoms with E-state index in [2.05, 4.69) is 29.4 Å².